The smallest absolute Gasteiger partial charge is 0.127 e. The van der Waals surface area contributed by atoms with E-state index in [1.165, 1.54) is 12.1 Å². The van der Waals surface area contributed by atoms with E-state index in [4.69, 9.17) is 16.7 Å². The van der Waals surface area contributed by atoms with Gasteiger partial charge in [-0.25, -0.2) is 4.39 Å². The third kappa shape index (κ3) is 4.16. The Morgan fingerprint density at radius 3 is 2.93 bits per heavy atom. The fourth-order valence-corrected chi connectivity index (χ4v) is 1.45. The second-order valence-corrected chi connectivity index (χ2v) is 3.97. The van der Waals surface area contributed by atoms with E-state index in [1.807, 2.05) is 6.92 Å². The molecule has 0 bridgehead atoms. The summed E-state index contributed by atoms with van der Waals surface area (Å²) in [4.78, 5) is 0. The molecular weight excluding hydrogens is 217 g/mol. The Labute approximate surface area is 94.1 Å². The maximum atomic E-state index is 13.3. The zero-order valence-electron chi connectivity index (χ0n) is 8.63. The number of nitrogens with one attached hydrogen (secondary N) is 1. The van der Waals surface area contributed by atoms with Gasteiger partial charge in [0, 0.05) is 29.8 Å². The van der Waals surface area contributed by atoms with E-state index in [-0.39, 0.29) is 18.5 Å². The second kappa shape index (κ2) is 6.05. The molecule has 0 aliphatic heterocycles. The molecule has 0 saturated heterocycles. The second-order valence-electron chi connectivity index (χ2n) is 3.53. The third-order valence-corrected chi connectivity index (χ3v) is 2.45. The molecule has 1 rings (SSSR count). The van der Waals surface area contributed by atoms with Gasteiger partial charge in [0.2, 0.25) is 0 Å². The van der Waals surface area contributed by atoms with E-state index in [2.05, 4.69) is 5.32 Å². The van der Waals surface area contributed by atoms with Gasteiger partial charge in [-0.1, -0.05) is 11.6 Å². The van der Waals surface area contributed by atoms with Gasteiger partial charge in [0.1, 0.15) is 5.82 Å². The SMILES string of the molecule is CC(CCO)NCc1cc(Cl)ccc1F. The van der Waals surface area contributed by atoms with Crippen molar-refractivity contribution in [3.8, 4) is 0 Å². The van der Waals surface area contributed by atoms with Crippen molar-refractivity contribution in [2.24, 2.45) is 0 Å². The van der Waals surface area contributed by atoms with Crippen LogP contribution in [0.25, 0.3) is 0 Å². The minimum atomic E-state index is -0.261. The summed E-state index contributed by atoms with van der Waals surface area (Å²) < 4.78 is 13.3. The van der Waals surface area contributed by atoms with Crippen molar-refractivity contribution in [2.45, 2.75) is 25.9 Å². The predicted molar refractivity (Wildman–Crippen MR) is 59.4 cm³/mol. The van der Waals surface area contributed by atoms with Crippen LogP contribution in [0.1, 0.15) is 18.9 Å². The summed E-state index contributed by atoms with van der Waals surface area (Å²) in [5, 5.41) is 12.3. The van der Waals surface area contributed by atoms with Crippen LogP contribution in [0.3, 0.4) is 0 Å². The van der Waals surface area contributed by atoms with Gasteiger partial charge in [0.15, 0.2) is 0 Å². The molecule has 2 nitrogen and oxygen atoms in total. The summed E-state index contributed by atoms with van der Waals surface area (Å²) >= 11 is 5.76. The Hall–Kier alpha value is -0.640. The molecule has 0 aromatic heterocycles. The molecule has 15 heavy (non-hydrogen) atoms. The first-order chi connectivity index (χ1) is 7.13. The molecule has 0 aliphatic rings. The molecule has 0 heterocycles. The lowest BCUT2D eigenvalue weighted by Crippen LogP contribution is -2.26. The highest BCUT2D eigenvalue weighted by atomic mass is 35.5. The summed E-state index contributed by atoms with van der Waals surface area (Å²) in [6, 6.07) is 4.65. The van der Waals surface area contributed by atoms with Gasteiger partial charge in [-0.3, -0.25) is 0 Å². The van der Waals surface area contributed by atoms with E-state index in [1.54, 1.807) is 6.07 Å². The van der Waals surface area contributed by atoms with Gasteiger partial charge in [-0.2, -0.15) is 0 Å². The minimum Gasteiger partial charge on any atom is -0.396 e. The lowest BCUT2D eigenvalue weighted by Gasteiger charge is -2.12. The highest BCUT2D eigenvalue weighted by Gasteiger charge is 2.05. The Bertz CT molecular complexity index is 319. The number of rotatable bonds is 5. The van der Waals surface area contributed by atoms with Crippen molar-refractivity contribution >= 4 is 11.6 Å². The van der Waals surface area contributed by atoms with Gasteiger partial charge in [0.05, 0.1) is 0 Å². The molecule has 1 aromatic carbocycles. The summed E-state index contributed by atoms with van der Waals surface area (Å²) in [5.41, 5.74) is 0.548. The van der Waals surface area contributed by atoms with E-state index >= 15 is 0 Å². The highest BCUT2D eigenvalue weighted by Crippen LogP contribution is 2.14. The van der Waals surface area contributed by atoms with Crippen molar-refractivity contribution in [3.63, 3.8) is 0 Å². The molecule has 0 aliphatic carbocycles. The normalized spacial score (nSPS) is 12.8. The highest BCUT2D eigenvalue weighted by molar-refractivity contribution is 6.30. The molecule has 0 amide bonds. The maximum Gasteiger partial charge on any atom is 0.127 e. The third-order valence-electron chi connectivity index (χ3n) is 2.21. The molecule has 0 spiro atoms. The number of hydrogen-bond donors (Lipinski definition) is 2. The molecule has 4 heteroatoms. The minimum absolute atomic E-state index is 0.131. The molecule has 1 unspecified atom stereocenters. The van der Waals surface area contributed by atoms with Crippen LogP contribution in [-0.2, 0) is 6.54 Å². The molecule has 1 atom stereocenters. The number of benzene rings is 1. The number of aliphatic hydroxyl groups excluding tert-OH is 1. The first-order valence-corrected chi connectivity index (χ1v) is 5.29. The summed E-state index contributed by atoms with van der Waals surface area (Å²) in [5.74, 6) is -0.261. The van der Waals surface area contributed by atoms with Crippen molar-refractivity contribution < 1.29 is 9.50 Å². The van der Waals surface area contributed by atoms with Crippen molar-refractivity contribution in [2.75, 3.05) is 6.61 Å². The van der Waals surface area contributed by atoms with E-state index in [0.717, 1.165) is 0 Å². The predicted octanol–water partition coefficient (Wildman–Crippen LogP) is 2.34. The number of hydrogen-bond acceptors (Lipinski definition) is 2. The Balaban J connectivity index is 2.53. The molecule has 1 aromatic rings. The molecule has 0 radical (unpaired) electrons. The summed E-state index contributed by atoms with van der Waals surface area (Å²) in [6.45, 7) is 2.50. The summed E-state index contributed by atoms with van der Waals surface area (Å²) in [6.07, 6.45) is 0.655. The lowest BCUT2D eigenvalue weighted by atomic mass is 10.2. The first kappa shape index (κ1) is 12.4. The van der Waals surface area contributed by atoms with Crippen LogP contribution in [0.5, 0.6) is 0 Å². The van der Waals surface area contributed by atoms with E-state index in [0.29, 0.717) is 23.6 Å². The van der Waals surface area contributed by atoms with Gasteiger partial charge in [-0.05, 0) is 31.5 Å². The van der Waals surface area contributed by atoms with Gasteiger partial charge < -0.3 is 10.4 Å². The molecule has 0 fully saturated rings. The Morgan fingerprint density at radius 1 is 1.53 bits per heavy atom. The zero-order chi connectivity index (χ0) is 11.3. The van der Waals surface area contributed by atoms with Crippen LogP contribution in [0.4, 0.5) is 4.39 Å². The largest absolute Gasteiger partial charge is 0.396 e. The monoisotopic (exact) mass is 231 g/mol. The maximum absolute atomic E-state index is 13.3. The van der Waals surface area contributed by atoms with Crippen molar-refractivity contribution in [3.05, 3.63) is 34.6 Å². The fraction of sp³-hybridized carbons (Fsp3) is 0.455. The van der Waals surface area contributed by atoms with E-state index < -0.39 is 0 Å². The molecule has 2 N–H and O–H groups in total. The zero-order valence-corrected chi connectivity index (χ0v) is 9.39. The number of aliphatic hydroxyl groups is 1. The molecule has 84 valence electrons. The van der Waals surface area contributed by atoms with Crippen LogP contribution in [0, 0.1) is 5.82 Å². The standard InChI is InChI=1S/C11H15ClFNO/c1-8(4-5-15)14-7-9-6-10(12)2-3-11(9)13/h2-3,6,8,14-15H,4-5,7H2,1H3. The number of halogens is 2. The van der Waals surface area contributed by atoms with E-state index in [9.17, 15) is 4.39 Å². The Kier molecular flexibility index (Phi) is 5.02. The van der Waals surface area contributed by atoms with Crippen molar-refractivity contribution in [1.82, 2.24) is 5.32 Å². The van der Waals surface area contributed by atoms with Crippen LogP contribution in [0.15, 0.2) is 18.2 Å². The van der Waals surface area contributed by atoms with Gasteiger partial charge >= 0.3 is 0 Å². The average molecular weight is 232 g/mol. The van der Waals surface area contributed by atoms with Gasteiger partial charge in [0.25, 0.3) is 0 Å². The quantitative estimate of drug-likeness (QED) is 0.815. The van der Waals surface area contributed by atoms with Crippen LogP contribution in [0.2, 0.25) is 5.02 Å². The first-order valence-electron chi connectivity index (χ1n) is 4.91. The fourth-order valence-electron chi connectivity index (χ4n) is 1.26. The average Bonchev–Trinajstić information content (AvgIpc) is 2.20. The molecule has 0 saturated carbocycles. The molecular formula is C11H15ClFNO. The van der Waals surface area contributed by atoms with Crippen LogP contribution in [-0.4, -0.2) is 17.8 Å². The van der Waals surface area contributed by atoms with Crippen LogP contribution < -0.4 is 5.32 Å². The topological polar surface area (TPSA) is 32.3 Å². The Morgan fingerprint density at radius 2 is 2.27 bits per heavy atom. The van der Waals surface area contributed by atoms with Gasteiger partial charge in [-0.15, -0.1) is 0 Å². The summed E-state index contributed by atoms with van der Waals surface area (Å²) in [7, 11) is 0. The van der Waals surface area contributed by atoms with Crippen molar-refractivity contribution in [1.29, 1.82) is 0 Å². The lowest BCUT2D eigenvalue weighted by molar-refractivity contribution is 0.268. The van der Waals surface area contributed by atoms with Crippen LogP contribution >= 0.6 is 11.6 Å².